The monoisotopic (exact) mass is 268 g/mol. The number of benzene rings is 1. The lowest BCUT2D eigenvalue weighted by Crippen LogP contribution is -2.30. The molecule has 1 aromatic carbocycles. The van der Waals surface area contributed by atoms with Gasteiger partial charge in [-0.15, -0.1) is 0 Å². The Balaban J connectivity index is 2.02. The maximum Gasteiger partial charge on any atom is 0.337 e. The Bertz CT molecular complexity index is 486. The number of carboxylic acid groups (broad SMARTS) is 1. The fourth-order valence-corrected chi connectivity index (χ4v) is 1.70. The molecule has 0 heterocycles. The second-order valence-corrected chi connectivity index (χ2v) is 4.71. The summed E-state index contributed by atoms with van der Waals surface area (Å²) in [6, 6.07) is 3.92. The van der Waals surface area contributed by atoms with Gasteiger partial charge in [-0.2, -0.15) is 0 Å². The molecule has 18 heavy (non-hydrogen) atoms. The molecule has 0 aliphatic heterocycles. The van der Waals surface area contributed by atoms with Crippen molar-refractivity contribution in [2.45, 2.75) is 12.8 Å². The van der Waals surface area contributed by atoms with Crippen LogP contribution in [0.4, 0.5) is 10.5 Å². The number of rotatable bonds is 4. The van der Waals surface area contributed by atoms with Crippen LogP contribution in [0.1, 0.15) is 23.2 Å². The van der Waals surface area contributed by atoms with Crippen molar-refractivity contribution in [1.29, 1.82) is 0 Å². The molecule has 1 saturated carbocycles. The number of nitrogens with one attached hydrogen (secondary N) is 2. The van der Waals surface area contributed by atoms with E-state index in [4.69, 9.17) is 16.7 Å². The van der Waals surface area contributed by atoms with Gasteiger partial charge in [0.15, 0.2) is 0 Å². The molecule has 6 heteroatoms. The van der Waals surface area contributed by atoms with E-state index in [-0.39, 0.29) is 11.3 Å². The second kappa shape index (κ2) is 5.27. The summed E-state index contributed by atoms with van der Waals surface area (Å²) >= 11 is 5.72. The fraction of sp³-hybridized carbons (Fsp3) is 0.333. The van der Waals surface area contributed by atoms with Gasteiger partial charge in [0.2, 0.25) is 0 Å². The lowest BCUT2D eigenvalue weighted by atomic mass is 10.2. The van der Waals surface area contributed by atoms with Crippen LogP contribution in [0.25, 0.3) is 0 Å². The first kappa shape index (κ1) is 12.7. The van der Waals surface area contributed by atoms with E-state index in [1.54, 1.807) is 0 Å². The first-order chi connectivity index (χ1) is 8.56. The van der Waals surface area contributed by atoms with Gasteiger partial charge in [-0.25, -0.2) is 9.59 Å². The molecule has 1 aliphatic rings. The largest absolute Gasteiger partial charge is 0.478 e. The highest BCUT2D eigenvalue weighted by Gasteiger charge is 2.22. The van der Waals surface area contributed by atoms with Crippen molar-refractivity contribution in [2.24, 2.45) is 5.92 Å². The second-order valence-electron chi connectivity index (χ2n) is 4.27. The number of carbonyl (C=O) groups excluding carboxylic acids is 1. The predicted molar refractivity (Wildman–Crippen MR) is 68.2 cm³/mol. The summed E-state index contributed by atoms with van der Waals surface area (Å²) in [6.07, 6.45) is 2.28. The van der Waals surface area contributed by atoms with E-state index in [1.165, 1.54) is 18.2 Å². The molecule has 96 valence electrons. The molecule has 2 rings (SSSR count). The standard InChI is InChI=1S/C12H13ClN2O3/c13-8-3-4-10(9(5-8)11(16)17)15-12(18)14-6-7-1-2-7/h3-5,7H,1-2,6H2,(H,16,17)(H2,14,15,18). The van der Waals surface area contributed by atoms with Crippen molar-refractivity contribution < 1.29 is 14.7 Å². The van der Waals surface area contributed by atoms with Crippen LogP contribution in [-0.4, -0.2) is 23.7 Å². The van der Waals surface area contributed by atoms with Crippen LogP contribution in [-0.2, 0) is 0 Å². The molecule has 0 saturated heterocycles. The Kier molecular flexibility index (Phi) is 3.72. The summed E-state index contributed by atoms with van der Waals surface area (Å²) in [6.45, 7) is 0.627. The van der Waals surface area contributed by atoms with E-state index in [0.717, 1.165) is 12.8 Å². The molecule has 0 unspecified atom stereocenters. The predicted octanol–water partition coefficient (Wildman–Crippen LogP) is 2.57. The molecule has 0 atom stereocenters. The van der Waals surface area contributed by atoms with Crippen molar-refractivity contribution in [3.8, 4) is 0 Å². The number of carboxylic acids is 1. The molecular formula is C12H13ClN2O3. The highest BCUT2D eigenvalue weighted by Crippen LogP contribution is 2.27. The van der Waals surface area contributed by atoms with E-state index in [1.807, 2.05) is 0 Å². The Morgan fingerprint density at radius 2 is 2.11 bits per heavy atom. The Hall–Kier alpha value is -1.75. The van der Waals surface area contributed by atoms with Crippen LogP contribution in [0.5, 0.6) is 0 Å². The first-order valence-corrected chi connectivity index (χ1v) is 6.02. The third-order valence-corrected chi connectivity index (χ3v) is 2.94. The van der Waals surface area contributed by atoms with Crippen molar-refractivity contribution >= 4 is 29.3 Å². The Labute approximate surface area is 109 Å². The summed E-state index contributed by atoms with van der Waals surface area (Å²) in [5, 5.41) is 14.5. The molecule has 1 fully saturated rings. The first-order valence-electron chi connectivity index (χ1n) is 5.64. The normalized spacial score (nSPS) is 14.1. The Morgan fingerprint density at radius 3 is 2.72 bits per heavy atom. The van der Waals surface area contributed by atoms with Crippen molar-refractivity contribution in [3.63, 3.8) is 0 Å². The van der Waals surface area contributed by atoms with E-state index < -0.39 is 12.0 Å². The minimum Gasteiger partial charge on any atom is -0.478 e. The SMILES string of the molecule is O=C(NCC1CC1)Nc1ccc(Cl)cc1C(=O)O. The lowest BCUT2D eigenvalue weighted by Gasteiger charge is -2.09. The summed E-state index contributed by atoms with van der Waals surface area (Å²) in [7, 11) is 0. The number of anilines is 1. The number of aromatic carboxylic acids is 1. The van der Waals surface area contributed by atoms with E-state index >= 15 is 0 Å². The maximum absolute atomic E-state index is 11.6. The van der Waals surface area contributed by atoms with Crippen LogP contribution in [0.2, 0.25) is 5.02 Å². The number of carbonyl (C=O) groups is 2. The number of hydrogen-bond acceptors (Lipinski definition) is 2. The molecule has 0 spiro atoms. The average molecular weight is 269 g/mol. The van der Waals surface area contributed by atoms with Crippen LogP contribution in [0.15, 0.2) is 18.2 Å². The molecule has 3 N–H and O–H groups in total. The highest BCUT2D eigenvalue weighted by molar-refractivity contribution is 6.31. The minimum absolute atomic E-state index is 0.0240. The molecule has 0 bridgehead atoms. The van der Waals surface area contributed by atoms with E-state index in [0.29, 0.717) is 17.5 Å². The van der Waals surface area contributed by atoms with Gasteiger partial charge in [0.1, 0.15) is 0 Å². The van der Waals surface area contributed by atoms with Gasteiger partial charge in [0.05, 0.1) is 11.3 Å². The van der Waals surface area contributed by atoms with Gasteiger partial charge in [-0.1, -0.05) is 11.6 Å². The molecule has 0 aromatic heterocycles. The molecular weight excluding hydrogens is 256 g/mol. The van der Waals surface area contributed by atoms with Crippen LogP contribution < -0.4 is 10.6 Å². The number of amides is 2. The third-order valence-electron chi connectivity index (χ3n) is 2.71. The number of halogens is 1. The van der Waals surface area contributed by atoms with Crippen molar-refractivity contribution in [2.75, 3.05) is 11.9 Å². The van der Waals surface area contributed by atoms with E-state index in [9.17, 15) is 9.59 Å². The zero-order chi connectivity index (χ0) is 13.1. The highest BCUT2D eigenvalue weighted by atomic mass is 35.5. The van der Waals surface area contributed by atoms with Gasteiger partial charge in [-0.3, -0.25) is 0 Å². The number of urea groups is 1. The topological polar surface area (TPSA) is 78.4 Å². The molecule has 5 nitrogen and oxygen atoms in total. The average Bonchev–Trinajstić information content (AvgIpc) is 3.12. The van der Waals surface area contributed by atoms with Gasteiger partial charge < -0.3 is 15.7 Å². The molecule has 1 aliphatic carbocycles. The van der Waals surface area contributed by atoms with E-state index in [2.05, 4.69) is 10.6 Å². The summed E-state index contributed by atoms with van der Waals surface area (Å²) < 4.78 is 0. The summed E-state index contributed by atoms with van der Waals surface area (Å²) in [5.74, 6) is -0.560. The maximum atomic E-state index is 11.6. The zero-order valence-electron chi connectivity index (χ0n) is 9.57. The fourth-order valence-electron chi connectivity index (χ4n) is 1.53. The quantitative estimate of drug-likeness (QED) is 0.785. The molecule has 2 amide bonds. The van der Waals surface area contributed by atoms with Crippen LogP contribution in [0.3, 0.4) is 0 Å². The van der Waals surface area contributed by atoms with Crippen molar-refractivity contribution in [3.05, 3.63) is 28.8 Å². The third kappa shape index (κ3) is 3.37. The lowest BCUT2D eigenvalue weighted by molar-refractivity contribution is 0.0698. The van der Waals surface area contributed by atoms with Gasteiger partial charge >= 0.3 is 12.0 Å². The van der Waals surface area contributed by atoms with Gasteiger partial charge in [0.25, 0.3) is 0 Å². The smallest absolute Gasteiger partial charge is 0.337 e. The summed E-state index contributed by atoms with van der Waals surface area (Å²) in [4.78, 5) is 22.6. The minimum atomic E-state index is -1.13. The van der Waals surface area contributed by atoms with Crippen molar-refractivity contribution in [1.82, 2.24) is 5.32 Å². The van der Waals surface area contributed by atoms with Crippen LogP contribution in [0, 0.1) is 5.92 Å². The Morgan fingerprint density at radius 1 is 1.39 bits per heavy atom. The summed E-state index contributed by atoms with van der Waals surface area (Å²) in [5.41, 5.74) is 0.212. The van der Waals surface area contributed by atoms with Gasteiger partial charge in [0, 0.05) is 11.6 Å². The van der Waals surface area contributed by atoms with Gasteiger partial charge in [-0.05, 0) is 37.0 Å². The number of hydrogen-bond donors (Lipinski definition) is 3. The van der Waals surface area contributed by atoms with Crippen LogP contribution >= 0.6 is 11.6 Å². The molecule has 0 radical (unpaired) electrons. The molecule has 1 aromatic rings. The zero-order valence-corrected chi connectivity index (χ0v) is 10.3.